The number of aromatic nitrogens is 2. The van der Waals surface area contributed by atoms with Gasteiger partial charge in [-0.15, -0.1) is 11.3 Å². The summed E-state index contributed by atoms with van der Waals surface area (Å²) in [5.74, 6) is -1.25. The van der Waals surface area contributed by atoms with Crippen molar-refractivity contribution in [3.05, 3.63) is 75.8 Å². The summed E-state index contributed by atoms with van der Waals surface area (Å²) >= 11 is 8.77. The standard InChI is InChI=1S/C28H20ClN5O5S2/c29-18-5-1-17(2-6-18)27-33-19(14-40-27)15-41-28-22(13-31)25(21(12-30)26(32)34-28)16-3-7-20(8-4-16)38-9-10-39-24(37)11-23(35)36/h1-8,14H,9-11,15H2,(H2,32,34)(H,35,36). The maximum absolute atomic E-state index is 11.3. The Labute approximate surface area is 247 Å². The zero-order chi connectivity index (χ0) is 29.4. The van der Waals surface area contributed by atoms with Crippen molar-refractivity contribution >= 4 is 52.5 Å². The molecule has 2 aromatic carbocycles. The normalized spacial score (nSPS) is 10.4. The summed E-state index contributed by atoms with van der Waals surface area (Å²) in [5, 5.41) is 32.2. The van der Waals surface area contributed by atoms with Gasteiger partial charge >= 0.3 is 11.9 Å². The van der Waals surface area contributed by atoms with Gasteiger partial charge in [0, 0.05) is 27.3 Å². The predicted molar refractivity (Wildman–Crippen MR) is 154 cm³/mol. The van der Waals surface area contributed by atoms with E-state index in [4.69, 9.17) is 31.9 Å². The first-order valence-corrected chi connectivity index (χ1v) is 14.1. The van der Waals surface area contributed by atoms with Gasteiger partial charge in [0.1, 0.15) is 58.9 Å². The van der Waals surface area contributed by atoms with Crippen molar-refractivity contribution in [2.24, 2.45) is 0 Å². The van der Waals surface area contributed by atoms with Gasteiger partial charge in [0.05, 0.1) is 11.3 Å². The summed E-state index contributed by atoms with van der Waals surface area (Å²) in [6, 6.07) is 18.2. The van der Waals surface area contributed by atoms with Crippen molar-refractivity contribution in [2.45, 2.75) is 17.2 Å². The van der Waals surface area contributed by atoms with E-state index in [9.17, 15) is 20.1 Å². The molecule has 0 radical (unpaired) electrons. The average molecular weight is 606 g/mol. The van der Waals surface area contributed by atoms with Gasteiger partial charge in [0.25, 0.3) is 0 Å². The highest BCUT2D eigenvalue weighted by Crippen LogP contribution is 2.37. The fraction of sp³-hybridized carbons (Fsp3) is 0.143. The lowest BCUT2D eigenvalue weighted by atomic mass is 9.97. The van der Waals surface area contributed by atoms with Gasteiger partial charge in [-0.2, -0.15) is 10.5 Å². The number of thioether (sulfide) groups is 1. The molecule has 41 heavy (non-hydrogen) atoms. The van der Waals surface area contributed by atoms with Gasteiger partial charge in [-0.3, -0.25) is 9.59 Å². The number of carbonyl (C=O) groups excluding carboxylic acids is 1. The molecule has 0 saturated heterocycles. The summed E-state index contributed by atoms with van der Waals surface area (Å²) in [7, 11) is 0. The van der Waals surface area contributed by atoms with Crippen molar-refractivity contribution < 1.29 is 24.2 Å². The SMILES string of the molecule is N#Cc1c(N)nc(SCc2csc(-c3ccc(Cl)cc3)n2)c(C#N)c1-c1ccc(OCCOC(=O)CC(=O)O)cc1. The molecule has 0 spiro atoms. The molecule has 3 N–H and O–H groups in total. The predicted octanol–water partition coefficient (Wildman–Crippen LogP) is 5.54. The van der Waals surface area contributed by atoms with Crippen LogP contribution in [0.25, 0.3) is 21.7 Å². The molecule has 0 fully saturated rings. The number of nitrogen functional groups attached to an aromatic ring is 1. The highest BCUT2D eigenvalue weighted by Gasteiger charge is 2.21. The molecule has 2 heterocycles. The van der Waals surface area contributed by atoms with Crippen LogP contribution in [0.2, 0.25) is 5.02 Å². The first-order chi connectivity index (χ1) is 19.8. The Morgan fingerprint density at radius 2 is 1.68 bits per heavy atom. The molecular formula is C28H20ClN5O5S2. The second-order valence-electron chi connectivity index (χ2n) is 8.25. The lowest BCUT2D eigenvalue weighted by Crippen LogP contribution is -2.15. The molecule has 13 heteroatoms. The third kappa shape index (κ3) is 7.52. The first-order valence-electron chi connectivity index (χ1n) is 11.9. The van der Waals surface area contributed by atoms with Crippen LogP contribution in [0.1, 0.15) is 23.2 Å². The molecule has 4 aromatic rings. The van der Waals surface area contributed by atoms with Crippen LogP contribution in [0.5, 0.6) is 5.75 Å². The lowest BCUT2D eigenvalue weighted by molar-refractivity contribution is -0.151. The van der Waals surface area contributed by atoms with Crippen LogP contribution < -0.4 is 10.5 Å². The van der Waals surface area contributed by atoms with E-state index in [2.05, 4.69) is 22.1 Å². The molecular weight excluding hydrogens is 586 g/mol. The molecule has 0 bridgehead atoms. The molecule has 0 saturated carbocycles. The second-order valence-corrected chi connectivity index (χ2v) is 10.5. The van der Waals surface area contributed by atoms with Crippen molar-refractivity contribution in [1.82, 2.24) is 9.97 Å². The van der Waals surface area contributed by atoms with Crippen LogP contribution in [0.4, 0.5) is 5.82 Å². The third-order valence-corrected chi connectivity index (χ3v) is 7.67. The van der Waals surface area contributed by atoms with Crippen LogP contribution in [0.3, 0.4) is 0 Å². The third-order valence-electron chi connectivity index (χ3n) is 5.47. The molecule has 0 aliphatic carbocycles. The Bertz CT molecular complexity index is 1660. The number of benzene rings is 2. The highest BCUT2D eigenvalue weighted by atomic mass is 35.5. The van der Waals surface area contributed by atoms with Crippen LogP contribution in [-0.4, -0.2) is 40.2 Å². The maximum Gasteiger partial charge on any atom is 0.317 e. The number of ether oxygens (including phenoxy) is 2. The van der Waals surface area contributed by atoms with Gasteiger partial charge < -0.3 is 20.3 Å². The minimum Gasteiger partial charge on any atom is -0.490 e. The Balaban J connectivity index is 1.49. The summed E-state index contributed by atoms with van der Waals surface area (Å²) in [6.45, 7) is -0.108. The maximum atomic E-state index is 11.3. The minimum atomic E-state index is -1.27. The number of aliphatic carboxylic acids is 1. The molecule has 0 atom stereocenters. The number of thiazole rings is 1. The fourth-order valence-electron chi connectivity index (χ4n) is 3.64. The Morgan fingerprint density at radius 3 is 2.34 bits per heavy atom. The summed E-state index contributed by atoms with van der Waals surface area (Å²) in [4.78, 5) is 30.8. The number of carbonyl (C=O) groups is 2. The van der Waals surface area contributed by atoms with Gasteiger partial charge in [-0.1, -0.05) is 47.6 Å². The van der Waals surface area contributed by atoms with Crippen LogP contribution in [0.15, 0.2) is 58.9 Å². The fourth-order valence-corrected chi connectivity index (χ4v) is 5.58. The number of rotatable bonds is 11. The molecule has 0 aliphatic rings. The Kier molecular flexibility index (Phi) is 9.77. The Morgan fingerprint density at radius 1 is 1.00 bits per heavy atom. The summed E-state index contributed by atoms with van der Waals surface area (Å²) < 4.78 is 10.3. The lowest BCUT2D eigenvalue weighted by Gasteiger charge is -2.13. The monoisotopic (exact) mass is 605 g/mol. The number of esters is 1. The molecule has 0 aliphatic heterocycles. The van der Waals surface area contributed by atoms with Crippen molar-refractivity contribution in [3.63, 3.8) is 0 Å². The van der Waals surface area contributed by atoms with Gasteiger partial charge in [-0.05, 0) is 29.8 Å². The van der Waals surface area contributed by atoms with E-state index in [1.807, 2.05) is 17.5 Å². The van der Waals surface area contributed by atoms with Crippen LogP contribution >= 0.6 is 34.7 Å². The van der Waals surface area contributed by atoms with E-state index in [1.54, 1.807) is 36.4 Å². The molecule has 206 valence electrons. The van der Waals surface area contributed by atoms with E-state index in [-0.39, 0.29) is 30.2 Å². The van der Waals surface area contributed by atoms with Gasteiger partial charge in [-0.25, -0.2) is 9.97 Å². The first kappa shape index (κ1) is 29.4. The number of nitriles is 2. The highest BCUT2D eigenvalue weighted by molar-refractivity contribution is 7.98. The van der Waals surface area contributed by atoms with E-state index >= 15 is 0 Å². The van der Waals surface area contributed by atoms with Crippen molar-refractivity contribution in [1.29, 1.82) is 10.5 Å². The van der Waals surface area contributed by atoms with Crippen LogP contribution in [-0.2, 0) is 20.1 Å². The average Bonchev–Trinajstić information content (AvgIpc) is 3.43. The number of pyridine rings is 1. The molecule has 2 aromatic heterocycles. The summed E-state index contributed by atoms with van der Waals surface area (Å²) in [6.07, 6.45) is -0.722. The molecule has 0 amide bonds. The van der Waals surface area contributed by atoms with E-state index in [0.29, 0.717) is 32.7 Å². The van der Waals surface area contributed by atoms with Crippen molar-refractivity contribution in [3.8, 4) is 39.6 Å². The molecule has 10 nitrogen and oxygen atoms in total. The Hall–Kier alpha value is -4.62. The van der Waals surface area contributed by atoms with Crippen LogP contribution in [0, 0.1) is 22.7 Å². The quantitative estimate of drug-likeness (QED) is 0.0950. The van der Waals surface area contributed by atoms with Crippen molar-refractivity contribution in [2.75, 3.05) is 18.9 Å². The van der Waals surface area contributed by atoms with E-state index in [1.165, 1.54) is 23.1 Å². The molecule has 4 rings (SSSR count). The summed E-state index contributed by atoms with van der Waals surface area (Å²) in [5.41, 5.74) is 9.11. The van der Waals surface area contributed by atoms with E-state index < -0.39 is 18.4 Å². The number of carboxylic acid groups (broad SMARTS) is 1. The number of carboxylic acids is 1. The number of nitrogens with two attached hydrogens (primary N) is 1. The number of halogens is 1. The van der Waals surface area contributed by atoms with Gasteiger partial charge in [0.15, 0.2) is 0 Å². The zero-order valence-corrected chi connectivity index (χ0v) is 23.6. The number of anilines is 1. The number of hydrogen-bond acceptors (Lipinski definition) is 11. The van der Waals surface area contributed by atoms with E-state index in [0.717, 1.165) is 16.3 Å². The smallest absolute Gasteiger partial charge is 0.317 e. The topological polar surface area (TPSA) is 172 Å². The number of hydrogen-bond donors (Lipinski definition) is 2. The largest absolute Gasteiger partial charge is 0.490 e. The number of nitrogens with zero attached hydrogens (tertiary/aromatic N) is 4. The second kappa shape index (κ2) is 13.6. The molecule has 0 unspecified atom stereocenters. The minimum absolute atomic E-state index is 0.00707. The van der Waals surface area contributed by atoms with Gasteiger partial charge in [0.2, 0.25) is 0 Å². The zero-order valence-electron chi connectivity index (χ0n) is 21.2.